The maximum absolute atomic E-state index is 6.35. The van der Waals surface area contributed by atoms with Crippen LogP contribution in [0, 0.1) is 0 Å². The summed E-state index contributed by atoms with van der Waals surface area (Å²) < 4.78 is 1.79. The van der Waals surface area contributed by atoms with Gasteiger partial charge in [-0.1, -0.05) is 35.3 Å². The number of halogens is 2. The SMILES string of the molecule is Cn1nc(-c2ccccc2Cl)nc1C1=C(Cl)CCCC1. The van der Waals surface area contributed by atoms with E-state index in [0.29, 0.717) is 10.8 Å². The van der Waals surface area contributed by atoms with Crippen LogP contribution in [0.2, 0.25) is 5.02 Å². The van der Waals surface area contributed by atoms with Crippen LogP contribution in [0.5, 0.6) is 0 Å². The molecule has 1 aliphatic carbocycles. The molecule has 0 aliphatic heterocycles. The highest BCUT2D eigenvalue weighted by atomic mass is 35.5. The van der Waals surface area contributed by atoms with Gasteiger partial charge in [-0.15, -0.1) is 0 Å². The van der Waals surface area contributed by atoms with Crippen molar-refractivity contribution in [2.45, 2.75) is 25.7 Å². The van der Waals surface area contributed by atoms with E-state index in [-0.39, 0.29) is 0 Å². The maximum atomic E-state index is 6.35. The molecule has 0 atom stereocenters. The summed E-state index contributed by atoms with van der Waals surface area (Å²) >= 11 is 12.6. The van der Waals surface area contributed by atoms with Gasteiger partial charge in [0.15, 0.2) is 11.6 Å². The standard InChI is InChI=1S/C15H15Cl2N3/c1-20-15(11-7-3-5-9-13(11)17)18-14(19-20)10-6-2-4-8-12(10)16/h2,4,6,8H,3,5,7,9H2,1H3. The smallest absolute Gasteiger partial charge is 0.183 e. The average molecular weight is 308 g/mol. The molecule has 3 nitrogen and oxygen atoms in total. The fourth-order valence-electron chi connectivity index (χ4n) is 2.51. The van der Waals surface area contributed by atoms with Gasteiger partial charge in [0.1, 0.15) is 0 Å². The van der Waals surface area contributed by atoms with Crippen LogP contribution >= 0.6 is 23.2 Å². The van der Waals surface area contributed by atoms with Gasteiger partial charge in [0.25, 0.3) is 0 Å². The first kappa shape index (κ1) is 13.7. The van der Waals surface area contributed by atoms with E-state index < -0.39 is 0 Å². The number of benzene rings is 1. The quantitative estimate of drug-likeness (QED) is 0.808. The van der Waals surface area contributed by atoms with E-state index in [2.05, 4.69) is 10.1 Å². The molecule has 0 spiro atoms. The Morgan fingerprint density at radius 1 is 1.10 bits per heavy atom. The molecule has 0 unspecified atom stereocenters. The van der Waals surface area contributed by atoms with Crippen molar-refractivity contribution in [3.63, 3.8) is 0 Å². The van der Waals surface area contributed by atoms with Crippen molar-refractivity contribution in [1.29, 1.82) is 0 Å². The first-order chi connectivity index (χ1) is 9.66. The lowest BCUT2D eigenvalue weighted by Crippen LogP contribution is -2.03. The number of hydrogen-bond acceptors (Lipinski definition) is 2. The largest absolute Gasteiger partial charge is 0.249 e. The summed E-state index contributed by atoms with van der Waals surface area (Å²) in [4.78, 5) is 4.64. The minimum Gasteiger partial charge on any atom is -0.249 e. The Hall–Kier alpha value is -1.32. The second kappa shape index (κ2) is 5.58. The zero-order chi connectivity index (χ0) is 14.1. The highest BCUT2D eigenvalue weighted by Gasteiger charge is 2.19. The number of nitrogens with zero attached hydrogens (tertiary/aromatic N) is 3. The summed E-state index contributed by atoms with van der Waals surface area (Å²) in [5.41, 5.74) is 1.97. The Bertz CT molecular complexity index is 674. The first-order valence-electron chi connectivity index (χ1n) is 6.70. The monoisotopic (exact) mass is 307 g/mol. The molecule has 0 saturated carbocycles. The molecule has 3 rings (SSSR count). The third kappa shape index (κ3) is 2.48. The number of aromatic nitrogens is 3. The fraction of sp³-hybridized carbons (Fsp3) is 0.333. The predicted molar refractivity (Wildman–Crippen MR) is 82.7 cm³/mol. The second-order valence-corrected chi connectivity index (χ2v) is 5.82. The van der Waals surface area contributed by atoms with E-state index in [4.69, 9.17) is 23.2 Å². The van der Waals surface area contributed by atoms with Crippen LogP contribution < -0.4 is 0 Å². The van der Waals surface area contributed by atoms with E-state index in [9.17, 15) is 0 Å². The van der Waals surface area contributed by atoms with E-state index >= 15 is 0 Å². The summed E-state index contributed by atoms with van der Waals surface area (Å²) in [5, 5.41) is 6.05. The third-order valence-corrected chi connectivity index (χ3v) is 4.29. The summed E-state index contributed by atoms with van der Waals surface area (Å²) in [6, 6.07) is 7.61. The average Bonchev–Trinajstić information content (AvgIpc) is 2.81. The minimum atomic E-state index is 0.649. The molecule has 20 heavy (non-hydrogen) atoms. The number of hydrogen-bond donors (Lipinski definition) is 0. The molecule has 1 aliphatic rings. The Morgan fingerprint density at radius 2 is 1.85 bits per heavy atom. The van der Waals surface area contributed by atoms with Gasteiger partial charge in [-0.05, 0) is 37.8 Å². The van der Waals surface area contributed by atoms with Crippen molar-refractivity contribution in [3.8, 4) is 11.4 Å². The van der Waals surface area contributed by atoms with Crippen LogP contribution in [-0.4, -0.2) is 14.8 Å². The Balaban J connectivity index is 2.06. The van der Waals surface area contributed by atoms with Gasteiger partial charge in [-0.25, -0.2) is 9.67 Å². The second-order valence-electron chi connectivity index (χ2n) is 4.95. The van der Waals surface area contributed by atoms with E-state index in [0.717, 1.165) is 47.7 Å². The molecule has 1 aromatic carbocycles. The highest BCUT2D eigenvalue weighted by molar-refractivity contribution is 6.33. The molecule has 2 aromatic rings. The highest BCUT2D eigenvalue weighted by Crippen LogP contribution is 2.34. The van der Waals surface area contributed by atoms with Crippen molar-refractivity contribution < 1.29 is 0 Å². The molecule has 5 heteroatoms. The number of rotatable bonds is 2. The fourth-order valence-corrected chi connectivity index (χ4v) is 3.04. The van der Waals surface area contributed by atoms with Gasteiger partial charge in [0, 0.05) is 23.2 Å². The lowest BCUT2D eigenvalue weighted by atomic mass is 9.99. The topological polar surface area (TPSA) is 30.7 Å². The predicted octanol–water partition coefficient (Wildman–Crippen LogP) is 4.66. The van der Waals surface area contributed by atoms with E-state index in [1.807, 2.05) is 31.3 Å². The normalized spacial score (nSPS) is 15.8. The molecule has 0 saturated heterocycles. The molecule has 0 radical (unpaired) electrons. The lowest BCUT2D eigenvalue weighted by molar-refractivity contribution is 0.704. The van der Waals surface area contributed by atoms with Crippen LogP contribution in [0.25, 0.3) is 17.0 Å². The summed E-state index contributed by atoms with van der Waals surface area (Å²) in [7, 11) is 1.90. The summed E-state index contributed by atoms with van der Waals surface area (Å²) in [6.07, 6.45) is 4.20. The van der Waals surface area contributed by atoms with Crippen LogP contribution in [-0.2, 0) is 7.05 Å². The van der Waals surface area contributed by atoms with E-state index in [1.54, 1.807) is 4.68 Å². The van der Waals surface area contributed by atoms with Crippen LogP contribution in [0.4, 0.5) is 0 Å². The van der Waals surface area contributed by atoms with Gasteiger partial charge in [-0.2, -0.15) is 5.10 Å². The van der Waals surface area contributed by atoms with Crippen molar-refractivity contribution in [1.82, 2.24) is 14.8 Å². The molecule has 0 N–H and O–H groups in total. The molecular formula is C15H15Cl2N3. The van der Waals surface area contributed by atoms with Crippen molar-refractivity contribution in [2.24, 2.45) is 7.05 Å². The van der Waals surface area contributed by atoms with E-state index in [1.165, 1.54) is 0 Å². The van der Waals surface area contributed by atoms with Gasteiger partial charge in [0.05, 0.1) is 5.02 Å². The van der Waals surface area contributed by atoms with Crippen LogP contribution in [0.1, 0.15) is 31.5 Å². The van der Waals surface area contributed by atoms with Crippen LogP contribution in [0.15, 0.2) is 29.3 Å². The third-order valence-electron chi connectivity index (χ3n) is 3.55. The molecule has 1 aromatic heterocycles. The van der Waals surface area contributed by atoms with Crippen molar-refractivity contribution >= 4 is 28.8 Å². The van der Waals surface area contributed by atoms with Crippen molar-refractivity contribution in [3.05, 3.63) is 40.1 Å². The molecule has 104 valence electrons. The molecule has 0 amide bonds. The van der Waals surface area contributed by atoms with Crippen molar-refractivity contribution in [2.75, 3.05) is 0 Å². The van der Waals surface area contributed by atoms with Gasteiger partial charge in [0.2, 0.25) is 0 Å². The Kier molecular flexibility index (Phi) is 3.81. The Labute approximate surface area is 128 Å². The van der Waals surface area contributed by atoms with Gasteiger partial charge in [-0.3, -0.25) is 0 Å². The van der Waals surface area contributed by atoms with Crippen LogP contribution in [0.3, 0.4) is 0 Å². The molecule has 1 heterocycles. The minimum absolute atomic E-state index is 0.649. The Morgan fingerprint density at radius 3 is 2.60 bits per heavy atom. The molecule has 0 fully saturated rings. The summed E-state index contributed by atoms with van der Waals surface area (Å²) in [5.74, 6) is 1.50. The zero-order valence-corrected chi connectivity index (χ0v) is 12.7. The van der Waals surface area contributed by atoms with Gasteiger partial charge >= 0.3 is 0 Å². The maximum Gasteiger partial charge on any atom is 0.183 e. The molecule has 0 bridgehead atoms. The lowest BCUT2D eigenvalue weighted by Gasteiger charge is -2.14. The molecular weight excluding hydrogens is 293 g/mol. The first-order valence-corrected chi connectivity index (χ1v) is 7.46. The summed E-state index contributed by atoms with van der Waals surface area (Å²) in [6.45, 7) is 0. The number of aryl methyl sites for hydroxylation is 1. The van der Waals surface area contributed by atoms with Gasteiger partial charge < -0.3 is 0 Å². The zero-order valence-electron chi connectivity index (χ0n) is 11.2. The number of allylic oxidation sites excluding steroid dienone is 2.